The van der Waals surface area contributed by atoms with Crippen molar-refractivity contribution < 1.29 is 8.42 Å². The smallest absolute Gasteiger partial charge is 0.244 e. The van der Waals surface area contributed by atoms with Gasteiger partial charge in [-0.3, -0.25) is 0 Å². The molecule has 118 valence electrons. The average molecular weight is 375 g/mol. The van der Waals surface area contributed by atoms with Gasteiger partial charge in [-0.05, 0) is 66.8 Å². The molecule has 0 radical (unpaired) electrons. The molecule has 1 heterocycles. The molecule has 0 aliphatic carbocycles. The third-order valence-corrected chi connectivity index (χ3v) is 7.21. The summed E-state index contributed by atoms with van der Waals surface area (Å²) in [5.74, 6) is 0. The van der Waals surface area contributed by atoms with E-state index in [1.54, 1.807) is 16.4 Å². The molecule has 1 aliphatic rings. The van der Waals surface area contributed by atoms with Crippen molar-refractivity contribution >= 4 is 26.0 Å². The van der Waals surface area contributed by atoms with Gasteiger partial charge in [-0.1, -0.05) is 19.1 Å². The third-order valence-electron chi connectivity index (χ3n) is 3.90. The van der Waals surface area contributed by atoms with Crippen molar-refractivity contribution in [2.24, 2.45) is 0 Å². The molecular formula is C15H23BrN2O2S. The van der Waals surface area contributed by atoms with E-state index in [0.29, 0.717) is 15.9 Å². The van der Waals surface area contributed by atoms with Crippen LogP contribution in [-0.2, 0) is 10.0 Å². The van der Waals surface area contributed by atoms with Crippen molar-refractivity contribution in [1.29, 1.82) is 0 Å². The average Bonchev–Trinajstić information content (AvgIpc) is 2.48. The molecule has 2 rings (SSSR count). The number of hydrogen-bond acceptors (Lipinski definition) is 3. The minimum Gasteiger partial charge on any atom is -0.317 e. The number of rotatable bonds is 5. The number of hydrogen-bond donors (Lipinski definition) is 1. The number of aryl methyl sites for hydroxylation is 1. The molecule has 0 atom stereocenters. The Morgan fingerprint density at radius 1 is 1.33 bits per heavy atom. The van der Waals surface area contributed by atoms with Crippen molar-refractivity contribution in [3.05, 3.63) is 28.2 Å². The van der Waals surface area contributed by atoms with Crippen molar-refractivity contribution in [3.63, 3.8) is 0 Å². The molecule has 1 aromatic carbocycles. The molecule has 0 unspecified atom stereocenters. The lowest BCUT2D eigenvalue weighted by Crippen LogP contribution is -2.46. The highest BCUT2D eigenvalue weighted by Crippen LogP contribution is 2.30. The predicted octanol–water partition coefficient (Wildman–Crippen LogP) is 2.91. The van der Waals surface area contributed by atoms with Crippen LogP contribution in [0.3, 0.4) is 0 Å². The Kier molecular flexibility index (Phi) is 5.82. The van der Waals surface area contributed by atoms with Crippen molar-refractivity contribution in [3.8, 4) is 0 Å². The van der Waals surface area contributed by atoms with Crippen LogP contribution in [-0.4, -0.2) is 38.4 Å². The fraction of sp³-hybridized carbons (Fsp3) is 0.600. The van der Waals surface area contributed by atoms with E-state index >= 15 is 0 Å². The minimum absolute atomic E-state index is 0.101. The molecule has 1 aromatic rings. The summed E-state index contributed by atoms with van der Waals surface area (Å²) in [6.45, 7) is 6.28. The molecule has 6 heteroatoms. The maximum atomic E-state index is 13.1. The van der Waals surface area contributed by atoms with Gasteiger partial charge in [0.05, 0.1) is 4.90 Å². The molecule has 0 amide bonds. The highest BCUT2D eigenvalue weighted by molar-refractivity contribution is 9.10. The number of piperidine rings is 1. The summed E-state index contributed by atoms with van der Waals surface area (Å²) in [5, 5.41) is 3.29. The Balaban J connectivity index is 2.39. The van der Waals surface area contributed by atoms with E-state index in [-0.39, 0.29) is 6.04 Å². The summed E-state index contributed by atoms with van der Waals surface area (Å²) in [5.41, 5.74) is 0.942. The molecule has 21 heavy (non-hydrogen) atoms. The molecule has 0 spiro atoms. The van der Waals surface area contributed by atoms with Crippen molar-refractivity contribution in [2.45, 2.75) is 44.0 Å². The standard InChI is InChI=1S/C15H23BrN2O2S/c1-3-11-18(13-7-9-17-10-8-13)21(19,20)14-6-4-5-12(2)15(14)16/h4-6,13,17H,3,7-11H2,1-2H3. The first-order chi connectivity index (χ1) is 9.98. The summed E-state index contributed by atoms with van der Waals surface area (Å²) in [6, 6.07) is 5.51. The van der Waals surface area contributed by atoms with E-state index < -0.39 is 10.0 Å². The van der Waals surface area contributed by atoms with Crippen LogP contribution in [0.25, 0.3) is 0 Å². The number of halogens is 1. The number of nitrogens with zero attached hydrogens (tertiary/aromatic N) is 1. The summed E-state index contributed by atoms with van der Waals surface area (Å²) < 4.78 is 28.5. The van der Waals surface area contributed by atoms with Gasteiger partial charge >= 0.3 is 0 Å². The van der Waals surface area contributed by atoms with Crippen LogP contribution in [0.2, 0.25) is 0 Å². The first kappa shape index (κ1) is 16.9. The molecule has 1 fully saturated rings. The van der Waals surface area contributed by atoms with Crippen LogP contribution in [0.4, 0.5) is 0 Å². The van der Waals surface area contributed by atoms with Gasteiger partial charge in [-0.25, -0.2) is 8.42 Å². The molecule has 1 saturated heterocycles. The fourth-order valence-corrected chi connectivity index (χ4v) is 5.56. The molecule has 1 aliphatic heterocycles. The van der Waals surface area contributed by atoms with Crippen LogP contribution in [0.1, 0.15) is 31.7 Å². The van der Waals surface area contributed by atoms with Gasteiger partial charge in [0.25, 0.3) is 0 Å². The second-order valence-corrected chi connectivity index (χ2v) is 8.14. The Bertz CT molecular complexity index is 583. The molecule has 1 N–H and O–H groups in total. The first-order valence-electron chi connectivity index (χ1n) is 7.46. The van der Waals surface area contributed by atoms with E-state index in [1.807, 2.05) is 19.9 Å². The fourth-order valence-electron chi connectivity index (χ4n) is 2.76. The summed E-state index contributed by atoms with van der Waals surface area (Å²) in [6.07, 6.45) is 2.58. The Labute approximate surface area is 136 Å². The first-order valence-corrected chi connectivity index (χ1v) is 9.69. The van der Waals surface area contributed by atoms with Gasteiger partial charge in [0.15, 0.2) is 0 Å². The van der Waals surface area contributed by atoms with E-state index in [4.69, 9.17) is 0 Å². The highest BCUT2D eigenvalue weighted by atomic mass is 79.9. The largest absolute Gasteiger partial charge is 0.317 e. The van der Waals surface area contributed by atoms with E-state index in [2.05, 4.69) is 21.2 Å². The van der Waals surface area contributed by atoms with E-state index in [1.165, 1.54) is 0 Å². The minimum atomic E-state index is -3.46. The SMILES string of the molecule is CCCN(C1CCNCC1)S(=O)(=O)c1cccc(C)c1Br. The quantitative estimate of drug-likeness (QED) is 0.861. The zero-order valence-corrected chi connectivity index (χ0v) is 15.0. The second-order valence-electron chi connectivity index (χ2n) is 5.48. The lowest BCUT2D eigenvalue weighted by molar-refractivity contribution is 0.262. The summed E-state index contributed by atoms with van der Waals surface area (Å²) in [4.78, 5) is 0.384. The van der Waals surface area contributed by atoms with Crippen LogP contribution in [0.5, 0.6) is 0 Å². The Morgan fingerprint density at radius 3 is 2.62 bits per heavy atom. The second kappa shape index (κ2) is 7.22. The predicted molar refractivity (Wildman–Crippen MR) is 89.0 cm³/mol. The lowest BCUT2D eigenvalue weighted by atomic mass is 10.1. The molecule has 0 saturated carbocycles. The molecular weight excluding hydrogens is 352 g/mol. The number of nitrogens with one attached hydrogen (secondary N) is 1. The topological polar surface area (TPSA) is 49.4 Å². The normalized spacial score (nSPS) is 17.3. The lowest BCUT2D eigenvalue weighted by Gasteiger charge is -2.33. The molecule has 0 aromatic heterocycles. The maximum absolute atomic E-state index is 13.1. The number of sulfonamides is 1. The zero-order chi connectivity index (χ0) is 15.5. The Morgan fingerprint density at radius 2 is 2.00 bits per heavy atom. The van der Waals surface area contributed by atoms with Gasteiger partial charge in [0.2, 0.25) is 10.0 Å². The van der Waals surface area contributed by atoms with Crippen LogP contribution in [0, 0.1) is 6.92 Å². The zero-order valence-electron chi connectivity index (χ0n) is 12.6. The van der Waals surface area contributed by atoms with Gasteiger partial charge in [-0.15, -0.1) is 0 Å². The van der Waals surface area contributed by atoms with Crippen molar-refractivity contribution in [1.82, 2.24) is 9.62 Å². The molecule has 0 bridgehead atoms. The summed E-state index contributed by atoms with van der Waals surface area (Å²) >= 11 is 3.44. The maximum Gasteiger partial charge on any atom is 0.244 e. The molecule has 4 nitrogen and oxygen atoms in total. The van der Waals surface area contributed by atoms with Crippen LogP contribution in [0.15, 0.2) is 27.6 Å². The Hall–Kier alpha value is -0.430. The highest BCUT2D eigenvalue weighted by Gasteiger charge is 2.33. The van der Waals surface area contributed by atoms with Gasteiger partial charge < -0.3 is 5.32 Å². The van der Waals surface area contributed by atoms with E-state index in [0.717, 1.165) is 37.9 Å². The monoisotopic (exact) mass is 374 g/mol. The van der Waals surface area contributed by atoms with Crippen molar-refractivity contribution in [2.75, 3.05) is 19.6 Å². The van der Waals surface area contributed by atoms with Gasteiger partial charge in [-0.2, -0.15) is 4.31 Å². The van der Waals surface area contributed by atoms with Crippen LogP contribution < -0.4 is 5.32 Å². The van der Waals surface area contributed by atoms with Crippen LogP contribution >= 0.6 is 15.9 Å². The third kappa shape index (κ3) is 3.67. The summed E-state index contributed by atoms with van der Waals surface area (Å²) in [7, 11) is -3.46. The number of benzene rings is 1. The van der Waals surface area contributed by atoms with Gasteiger partial charge in [0.1, 0.15) is 0 Å². The van der Waals surface area contributed by atoms with Gasteiger partial charge in [0, 0.05) is 17.1 Å². The van der Waals surface area contributed by atoms with E-state index in [9.17, 15) is 8.42 Å².